The standard InChI is InChI=1S/C16H28O3Si/c1-16(2,3)20(5,6)19-12-14(17)11-13-9-7-8-10-15(13)18-4/h7-10,14,17H,11-12H2,1-6H3/t14-/m1/s1. The summed E-state index contributed by atoms with van der Waals surface area (Å²) in [7, 11) is -0.148. The van der Waals surface area contributed by atoms with Crippen molar-refractivity contribution in [2.75, 3.05) is 13.7 Å². The number of hydrogen-bond donors (Lipinski definition) is 1. The van der Waals surface area contributed by atoms with E-state index in [1.807, 2.05) is 24.3 Å². The van der Waals surface area contributed by atoms with E-state index in [1.165, 1.54) is 0 Å². The highest BCUT2D eigenvalue weighted by Crippen LogP contribution is 2.36. The van der Waals surface area contributed by atoms with Gasteiger partial charge in [-0.2, -0.15) is 0 Å². The van der Waals surface area contributed by atoms with Gasteiger partial charge in [0.25, 0.3) is 0 Å². The minimum absolute atomic E-state index is 0.164. The van der Waals surface area contributed by atoms with Crippen molar-refractivity contribution in [1.82, 2.24) is 0 Å². The molecule has 0 aliphatic rings. The number of hydrogen-bond acceptors (Lipinski definition) is 3. The highest BCUT2D eigenvalue weighted by molar-refractivity contribution is 6.74. The Morgan fingerprint density at radius 2 is 1.80 bits per heavy atom. The van der Waals surface area contributed by atoms with E-state index in [4.69, 9.17) is 9.16 Å². The number of methoxy groups -OCH3 is 1. The topological polar surface area (TPSA) is 38.7 Å². The van der Waals surface area contributed by atoms with Crippen molar-refractivity contribution in [2.45, 2.75) is 51.4 Å². The Morgan fingerprint density at radius 1 is 1.20 bits per heavy atom. The van der Waals surface area contributed by atoms with Gasteiger partial charge >= 0.3 is 0 Å². The fraction of sp³-hybridized carbons (Fsp3) is 0.625. The predicted octanol–water partition coefficient (Wildman–Crippen LogP) is 3.62. The fourth-order valence-electron chi connectivity index (χ4n) is 1.71. The molecular weight excluding hydrogens is 268 g/mol. The van der Waals surface area contributed by atoms with E-state index in [0.717, 1.165) is 11.3 Å². The van der Waals surface area contributed by atoms with E-state index >= 15 is 0 Å². The van der Waals surface area contributed by atoms with Crippen LogP contribution in [-0.2, 0) is 10.8 Å². The molecule has 0 amide bonds. The van der Waals surface area contributed by atoms with E-state index in [-0.39, 0.29) is 5.04 Å². The Morgan fingerprint density at radius 3 is 2.35 bits per heavy atom. The van der Waals surface area contributed by atoms with Crippen LogP contribution in [-0.4, -0.2) is 33.2 Å². The molecule has 4 heteroatoms. The van der Waals surface area contributed by atoms with Crippen molar-refractivity contribution >= 4 is 8.32 Å². The molecule has 114 valence electrons. The molecule has 1 rings (SSSR count). The minimum atomic E-state index is -1.80. The van der Waals surface area contributed by atoms with E-state index in [0.29, 0.717) is 13.0 Å². The molecule has 0 aliphatic heterocycles. The SMILES string of the molecule is COc1ccccc1C[C@@H](O)CO[Si](C)(C)C(C)(C)C. The number of rotatable bonds is 6. The summed E-state index contributed by atoms with van der Waals surface area (Å²) < 4.78 is 11.4. The molecule has 0 heterocycles. The molecular formula is C16H28O3Si. The Balaban J connectivity index is 2.58. The van der Waals surface area contributed by atoms with Gasteiger partial charge in [0.05, 0.1) is 19.8 Å². The van der Waals surface area contributed by atoms with Crippen molar-refractivity contribution in [3.05, 3.63) is 29.8 Å². The molecule has 0 saturated carbocycles. The van der Waals surface area contributed by atoms with Gasteiger partial charge in [-0.25, -0.2) is 0 Å². The maximum absolute atomic E-state index is 10.2. The molecule has 0 fully saturated rings. The lowest BCUT2D eigenvalue weighted by molar-refractivity contribution is 0.0995. The summed E-state index contributed by atoms with van der Waals surface area (Å²) in [6, 6.07) is 7.78. The molecule has 0 spiro atoms. The first-order valence-corrected chi connectivity index (χ1v) is 10.0. The van der Waals surface area contributed by atoms with E-state index in [1.54, 1.807) is 7.11 Å². The second kappa shape index (κ2) is 6.74. The molecule has 1 aromatic rings. The molecule has 1 atom stereocenters. The second-order valence-electron chi connectivity index (χ2n) is 6.74. The molecule has 1 N–H and O–H groups in total. The van der Waals surface area contributed by atoms with E-state index < -0.39 is 14.4 Å². The summed E-state index contributed by atoms with van der Waals surface area (Å²) >= 11 is 0. The molecule has 1 aromatic carbocycles. The van der Waals surface area contributed by atoms with Crippen LogP contribution in [0.4, 0.5) is 0 Å². The number of benzene rings is 1. The van der Waals surface area contributed by atoms with Crippen molar-refractivity contribution in [1.29, 1.82) is 0 Å². The lowest BCUT2D eigenvalue weighted by atomic mass is 10.1. The van der Waals surface area contributed by atoms with Gasteiger partial charge in [0.2, 0.25) is 0 Å². The van der Waals surface area contributed by atoms with Gasteiger partial charge in [0.1, 0.15) is 5.75 Å². The van der Waals surface area contributed by atoms with E-state index in [9.17, 15) is 5.11 Å². The number of para-hydroxylation sites is 1. The summed E-state index contributed by atoms with van der Waals surface area (Å²) in [4.78, 5) is 0. The molecule has 3 nitrogen and oxygen atoms in total. The summed E-state index contributed by atoms with van der Waals surface area (Å²) in [5.41, 5.74) is 1.02. The Hall–Kier alpha value is -0.843. The van der Waals surface area contributed by atoms with Crippen LogP contribution < -0.4 is 4.74 Å². The summed E-state index contributed by atoms with van der Waals surface area (Å²) in [6.45, 7) is 11.4. The largest absolute Gasteiger partial charge is 0.496 e. The number of aliphatic hydroxyl groups is 1. The van der Waals surface area contributed by atoms with Gasteiger partial charge in [-0.05, 0) is 29.8 Å². The first-order chi connectivity index (χ1) is 9.17. The smallest absolute Gasteiger partial charge is 0.192 e. The van der Waals surface area contributed by atoms with E-state index in [2.05, 4.69) is 33.9 Å². The van der Waals surface area contributed by atoms with Gasteiger partial charge < -0.3 is 14.3 Å². The third kappa shape index (κ3) is 4.61. The van der Waals surface area contributed by atoms with Crippen LogP contribution in [0.2, 0.25) is 18.1 Å². The Bertz CT molecular complexity index is 424. The monoisotopic (exact) mass is 296 g/mol. The maximum atomic E-state index is 10.2. The van der Waals surface area contributed by atoms with Crippen LogP contribution in [0, 0.1) is 0 Å². The molecule has 0 unspecified atom stereocenters. The Labute approximate surface area is 124 Å². The van der Waals surface area contributed by atoms with Crippen molar-refractivity contribution in [3.8, 4) is 5.75 Å². The zero-order valence-electron chi connectivity index (χ0n) is 13.6. The molecule has 0 radical (unpaired) electrons. The molecule has 0 aliphatic carbocycles. The van der Waals surface area contributed by atoms with Gasteiger partial charge in [-0.1, -0.05) is 39.0 Å². The van der Waals surface area contributed by atoms with Crippen LogP contribution in [0.25, 0.3) is 0 Å². The summed E-state index contributed by atoms with van der Waals surface area (Å²) in [6.07, 6.45) is 0.0546. The summed E-state index contributed by atoms with van der Waals surface area (Å²) in [5, 5.41) is 10.4. The van der Waals surface area contributed by atoms with Crippen molar-refractivity contribution < 1.29 is 14.3 Å². The molecule has 0 aromatic heterocycles. The minimum Gasteiger partial charge on any atom is -0.496 e. The molecule has 20 heavy (non-hydrogen) atoms. The average molecular weight is 296 g/mol. The number of aliphatic hydroxyl groups excluding tert-OH is 1. The van der Waals surface area contributed by atoms with Gasteiger partial charge in [-0.3, -0.25) is 0 Å². The number of ether oxygens (including phenoxy) is 1. The third-order valence-electron chi connectivity index (χ3n) is 4.09. The van der Waals surface area contributed by atoms with Crippen LogP contribution in [0.5, 0.6) is 5.75 Å². The van der Waals surface area contributed by atoms with Crippen molar-refractivity contribution in [2.24, 2.45) is 0 Å². The lowest BCUT2D eigenvalue weighted by Gasteiger charge is -2.36. The summed E-state index contributed by atoms with van der Waals surface area (Å²) in [5.74, 6) is 0.818. The normalized spacial score (nSPS) is 14.2. The van der Waals surface area contributed by atoms with Gasteiger partial charge in [0, 0.05) is 6.42 Å². The van der Waals surface area contributed by atoms with Crippen molar-refractivity contribution in [3.63, 3.8) is 0 Å². The van der Waals surface area contributed by atoms with Gasteiger partial charge in [0.15, 0.2) is 8.32 Å². The fourth-order valence-corrected chi connectivity index (χ4v) is 2.75. The lowest BCUT2D eigenvalue weighted by Crippen LogP contribution is -2.42. The van der Waals surface area contributed by atoms with Crippen LogP contribution in [0.15, 0.2) is 24.3 Å². The Kier molecular flexibility index (Phi) is 5.80. The zero-order valence-corrected chi connectivity index (χ0v) is 14.6. The maximum Gasteiger partial charge on any atom is 0.192 e. The second-order valence-corrected chi connectivity index (χ2v) is 11.6. The van der Waals surface area contributed by atoms with Crippen LogP contribution in [0.1, 0.15) is 26.3 Å². The third-order valence-corrected chi connectivity index (χ3v) is 8.59. The average Bonchev–Trinajstić information content (AvgIpc) is 2.36. The quantitative estimate of drug-likeness (QED) is 0.815. The van der Waals surface area contributed by atoms with Gasteiger partial charge in [-0.15, -0.1) is 0 Å². The molecule has 0 bridgehead atoms. The first-order valence-electron chi connectivity index (χ1n) is 7.11. The van der Waals surface area contributed by atoms with Crippen LogP contribution in [0.3, 0.4) is 0 Å². The highest BCUT2D eigenvalue weighted by atomic mass is 28.4. The highest BCUT2D eigenvalue weighted by Gasteiger charge is 2.37. The molecule has 0 saturated heterocycles. The zero-order chi connectivity index (χ0) is 15.4. The first kappa shape index (κ1) is 17.2. The predicted molar refractivity (Wildman–Crippen MR) is 85.9 cm³/mol. The van der Waals surface area contributed by atoms with Crippen LogP contribution >= 0.6 is 0 Å².